The highest BCUT2D eigenvalue weighted by Crippen LogP contribution is 2.16. The fraction of sp³-hybridized carbons (Fsp3) is 0.250. The average molecular weight is 284 g/mol. The highest BCUT2D eigenvalue weighted by Gasteiger charge is 2.15. The van der Waals surface area contributed by atoms with Crippen molar-refractivity contribution in [1.29, 1.82) is 0 Å². The Morgan fingerprint density at radius 2 is 2.10 bits per heavy atom. The van der Waals surface area contributed by atoms with Crippen LogP contribution < -0.4 is 0 Å². The fourth-order valence-electron chi connectivity index (χ4n) is 2.28. The minimum Gasteiger partial charge on any atom is -0.466 e. The van der Waals surface area contributed by atoms with Crippen molar-refractivity contribution in [3.8, 4) is 0 Å². The molecule has 0 saturated carbocycles. The van der Waals surface area contributed by atoms with Gasteiger partial charge in [-0.2, -0.15) is 0 Å². The van der Waals surface area contributed by atoms with Gasteiger partial charge in [0.25, 0.3) is 0 Å². The lowest BCUT2D eigenvalue weighted by molar-refractivity contribution is 0.0466. The van der Waals surface area contributed by atoms with Crippen LogP contribution in [0.25, 0.3) is 5.65 Å². The molecule has 0 atom stereocenters. The van der Waals surface area contributed by atoms with E-state index in [1.807, 2.05) is 35.9 Å². The Bertz CT molecular complexity index is 814. The first-order valence-corrected chi connectivity index (χ1v) is 6.71. The summed E-state index contributed by atoms with van der Waals surface area (Å²) in [5.41, 5.74) is 3.16. The second-order valence-electron chi connectivity index (χ2n) is 5.11. The number of imidazole rings is 1. The summed E-state index contributed by atoms with van der Waals surface area (Å²) in [4.78, 5) is 16.4. The van der Waals surface area contributed by atoms with E-state index in [-0.39, 0.29) is 6.61 Å². The van der Waals surface area contributed by atoms with Gasteiger partial charge in [-0.25, -0.2) is 9.78 Å². The number of aryl methyl sites for hydroxylation is 3. The van der Waals surface area contributed by atoms with E-state index in [1.54, 1.807) is 19.9 Å². The van der Waals surface area contributed by atoms with Crippen LogP contribution in [0, 0.1) is 20.8 Å². The summed E-state index contributed by atoms with van der Waals surface area (Å²) in [7, 11) is 0. The number of furan rings is 1. The molecule has 3 aromatic rings. The Morgan fingerprint density at radius 3 is 2.81 bits per heavy atom. The van der Waals surface area contributed by atoms with Crippen molar-refractivity contribution in [3.63, 3.8) is 0 Å². The van der Waals surface area contributed by atoms with Gasteiger partial charge in [0, 0.05) is 12.4 Å². The summed E-state index contributed by atoms with van der Waals surface area (Å²) >= 11 is 0. The fourth-order valence-corrected chi connectivity index (χ4v) is 2.28. The summed E-state index contributed by atoms with van der Waals surface area (Å²) in [6.45, 7) is 5.71. The molecule has 3 aromatic heterocycles. The lowest BCUT2D eigenvalue weighted by Gasteiger charge is -2.00. The third-order valence-corrected chi connectivity index (χ3v) is 3.26. The predicted molar refractivity (Wildman–Crippen MR) is 77.2 cm³/mol. The Morgan fingerprint density at radius 1 is 1.29 bits per heavy atom. The maximum absolute atomic E-state index is 12.0. The van der Waals surface area contributed by atoms with E-state index in [0.717, 1.165) is 11.2 Å². The van der Waals surface area contributed by atoms with Crippen LogP contribution in [-0.4, -0.2) is 15.4 Å². The number of carbonyl (C=O) groups is 1. The van der Waals surface area contributed by atoms with Gasteiger partial charge in [0.15, 0.2) is 0 Å². The van der Waals surface area contributed by atoms with Crippen LogP contribution in [0.2, 0.25) is 0 Å². The highest BCUT2D eigenvalue weighted by molar-refractivity contribution is 5.90. The molecule has 5 nitrogen and oxygen atoms in total. The Kier molecular flexibility index (Phi) is 3.25. The van der Waals surface area contributed by atoms with Gasteiger partial charge < -0.3 is 13.6 Å². The summed E-state index contributed by atoms with van der Waals surface area (Å²) in [6, 6.07) is 5.62. The third kappa shape index (κ3) is 2.67. The van der Waals surface area contributed by atoms with Crippen molar-refractivity contribution < 1.29 is 13.9 Å². The largest absolute Gasteiger partial charge is 0.466 e. The van der Waals surface area contributed by atoms with Crippen LogP contribution in [0.1, 0.15) is 33.1 Å². The number of carbonyl (C=O) groups excluding carboxylic acids is 1. The molecule has 21 heavy (non-hydrogen) atoms. The van der Waals surface area contributed by atoms with E-state index in [0.29, 0.717) is 22.8 Å². The smallest absolute Gasteiger partial charge is 0.342 e. The van der Waals surface area contributed by atoms with E-state index in [1.165, 1.54) is 0 Å². The molecule has 0 amide bonds. The van der Waals surface area contributed by atoms with Gasteiger partial charge >= 0.3 is 5.97 Å². The molecule has 0 aliphatic rings. The number of rotatable bonds is 3. The summed E-state index contributed by atoms with van der Waals surface area (Å²) < 4.78 is 12.5. The van der Waals surface area contributed by atoms with Crippen molar-refractivity contribution in [2.45, 2.75) is 27.4 Å². The van der Waals surface area contributed by atoms with Gasteiger partial charge in [0.05, 0.1) is 5.69 Å². The first-order valence-electron chi connectivity index (χ1n) is 6.71. The van der Waals surface area contributed by atoms with Gasteiger partial charge in [-0.05, 0) is 38.5 Å². The van der Waals surface area contributed by atoms with Crippen LogP contribution in [0.5, 0.6) is 0 Å². The number of hydrogen-bond donors (Lipinski definition) is 0. The number of fused-ring (bicyclic) bond motifs is 1. The molecular weight excluding hydrogens is 268 g/mol. The van der Waals surface area contributed by atoms with Crippen molar-refractivity contribution >= 4 is 11.6 Å². The van der Waals surface area contributed by atoms with Gasteiger partial charge in [0.1, 0.15) is 29.3 Å². The monoisotopic (exact) mass is 284 g/mol. The molecule has 0 bridgehead atoms. The molecule has 0 saturated heterocycles. The Balaban J connectivity index is 1.74. The van der Waals surface area contributed by atoms with Crippen LogP contribution in [0.15, 0.2) is 35.0 Å². The zero-order valence-electron chi connectivity index (χ0n) is 12.2. The summed E-state index contributed by atoms with van der Waals surface area (Å²) in [5, 5.41) is 0. The quantitative estimate of drug-likeness (QED) is 0.693. The predicted octanol–water partition coefficient (Wildman–Crippen LogP) is 3.21. The number of esters is 1. The SMILES string of the molecule is Cc1ccc2nc(COC(=O)c3cc(C)oc3C)cn2c1. The van der Waals surface area contributed by atoms with Crippen LogP contribution in [0.4, 0.5) is 0 Å². The summed E-state index contributed by atoms with van der Waals surface area (Å²) in [5.74, 6) is 0.878. The lowest BCUT2D eigenvalue weighted by atomic mass is 10.2. The molecule has 0 spiro atoms. The van der Waals surface area contributed by atoms with Crippen LogP contribution >= 0.6 is 0 Å². The molecule has 108 valence electrons. The molecule has 3 rings (SSSR count). The maximum atomic E-state index is 12.0. The average Bonchev–Trinajstić information content (AvgIpc) is 2.98. The Hall–Kier alpha value is -2.56. The number of pyridine rings is 1. The first kappa shape index (κ1) is 13.4. The van der Waals surface area contributed by atoms with Crippen molar-refractivity contribution in [2.75, 3.05) is 0 Å². The molecule has 3 heterocycles. The molecular formula is C16H16N2O3. The van der Waals surface area contributed by atoms with E-state index in [9.17, 15) is 4.79 Å². The van der Waals surface area contributed by atoms with Gasteiger partial charge in [-0.1, -0.05) is 6.07 Å². The van der Waals surface area contributed by atoms with Crippen molar-refractivity contribution in [2.24, 2.45) is 0 Å². The van der Waals surface area contributed by atoms with Crippen LogP contribution in [-0.2, 0) is 11.3 Å². The van der Waals surface area contributed by atoms with Gasteiger partial charge in [-0.3, -0.25) is 0 Å². The minimum absolute atomic E-state index is 0.142. The molecule has 0 aromatic carbocycles. The van der Waals surface area contributed by atoms with Crippen molar-refractivity contribution in [1.82, 2.24) is 9.38 Å². The lowest BCUT2D eigenvalue weighted by Crippen LogP contribution is -2.05. The first-order chi connectivity index (χ1) is 10.0. The zero-order chi connectivity index (χ0) is 15.0. The molecule has 0 unspecified atom stereocenters. The second-order valence-corrected chi connectivity index (χ2v) is 5.11. The molecule has 0 aliphatic carbocycles. The highest BCUT2D eigenvalue weighted by atomic mass is 16.5. The van der Waals surface area contributed by atoms with E-state index < -0.39 is 5.97 Å². The van der Waals surface area contributed by atoms with E-state index in [4.69, 9.17) is 9.15 Å². The number of nitrogens with zero attached hydrogens (tertiary/aromatic N) is 2. The van der Waals surface area contributed by atoms with E-state index in [2.05, 4.69) is 4.98 Å². The molecule has 0 N–H and O–H groups in total. The molecule has 5 heteroatoms. The molecule has 0 aliphatic heterocycles. The third-order valence-electron chi connectivity index (χ3n) is 3.26. The van der Waals surface area contributed by atoms with Crippen molar-refractivity contribution in [3.05, 3.63) is 58.9 Å². The minimum atomic E-state index is -0.391. The molecule has 0 radical (unpaired) electrons. The van der Waals surface area contributed by atoms with Crippen LogP contribution in [0.3, 0.4) is 0 Å². The summed E-state index contributed by atoms with van der Waals surface area (Å²) in [6.07, 6.45) is 3.85. The number of aromatic nitrogens is 2. The van der Waals surface area contributed by atoms with E-state index >= 15 is 0 Å². The standard InChI is InChI=1S/C16H16N2O3/c1-10-4-5-15-17-13(8-18(15)7-10)9-20-16(19)14-6-11(2)21-12(14)3/h4-8H,9H2,1-3H3. The number of ether oxygens (including phenoxy) is 1. The number of hydrogen-bond acceptors (Lipinski definition) is 4. The normalized spacial score (nSPS) is 11.0. The maximum Gasteiger partial charge on any atom is 0.342 e. The molecule has 0 fully saturated rings. The van der Waals surface area contributed by atoms with Gasteiger partial charge in [0.2, 0.25) is 0 Å². The Labute approximate surface area is 122 Å². The van der Waals surface area contributed by atoms with Gasteiger partial charge in [-0.15, -0.1) is 0 Å². The second kappa shape index (κ2) is 5.09. The zero-order valence-corrected chi connectivity index (χ0v) is 12.2. The topological polar surface area (TPSA) is 56.7 Å².